The number of nitrogens with zero attached hydrogens (tertiary/aromatic N) is 2. The molecule has 1 aromatic heterocycles. The highest BCUT2D eigenvalue weighted by Gasteiger charge is 2.21. The number of amides is 1. The van der Waals surface area contributed by atoms with Crippen molar-refractivity contribution in [3.8, 4) is 11.5 Å². The van der Waals surface area contributed by atoms with Crippen LogP contribution in [0.4, 0.5) is 5.69 Å². The predicted molar refractivity (Wildman–Crippen MR) is 121 cm³/mol. The number of nitrogens with one attached hydrogen (secondary N) is 1. The number of anilines is 1. The van der Waals surface area contributed by atoms with E-state index in [0.717, 1.165) is 10.9 Å². The van der Waals surface area contributed by atoms with Gasteiger partial charge in [0.25, 0.3) is 5.91 Å². The molecule has 0 bridgehead atoms. The minimum Gasteiger partial charge on any atom is -0.493 e. The first-order chi connectivity index (χ1) is 14.8. The van der Waals surface area contributed by atoms with Gasteiger partial charge >= 0.3 is 0 Å². The van der Waals surface area contributed by atoms with Gasteiger partial charge in [-0.2, -0.15) is 5.10 Å². The zero-order valence-corrected chi connectivity index (χ0v) is 18.5. The van der Waals surface area contributed by atoms with E-state index in [1.807, 2.05) is 24.3 Å². The van der Waals surface area contributed by atoms with Gasteiger partial charge in [0.1, 0.15) is 9.84 Å². The number of fused-ring (bicyclic) bond motifs is 1. The van der Waals surface area contributed by atoms with Crippen LogP contribution in [-0.4, -0.2) is 57.3 Å². The van der Waals surface area contributed by atoms with Gasteiger partial charge in [-0.1, -0.05) is 24.3 Å². The van der Waals surface area contributed by atoms with Crippen LogP contribution >= 0.6 is 0 Å². The van der Waals surface area contributed by atoms with E-state index in [-0.39, 0.29) is 24.6 Å². The summed E-state index contributed by atoms with van der Waals surface area (Å²) in [4.78, 5) is 14.6. The molecule has 3 rings (SSSR count). The van der Waals surface area contributed by atoms with Gasteiger partial charge < -0.3 is 14.4 Å². The first-order valence-electron chi connectivity index (χ1n) is 9.65. The normalized spacial score (nSPS) is 11.7. The lowest BCUT2D eigenvalue weighted by atomic mass is 10.2. The van der Waals surface area contributed by atoms with Crippen molar-refractivity contribution in [2.45, 2.75) is 6.42 Å². The molecule has 9 heteroatoms. The molecule has 0 aliphatic carbocycles. The summed E-state index contributed by atoms with van der Waals surface area (Å²) >= 11 is 0. The van der Waals surface area contributed by atoms with Crippen molar-refractivity contribution < 1.29 is 22.7 Å². The van der Waals surface area contributed by atoms with Crippen LogP contribution in [0.15, 0.2) is 48.5 Å². The fraction of sp³-hybridized carbons (Fsp3) is 0.273. The van der Waals surface area contributed by atoms with Crippen molar-refractivity contribution in [1.29, 1.82) is 0 Å². The third-order valence-electron chi connectivity index (χ3n) is 4.72. The van der Waals surface area contributed by atoms with E-state index in [1.165, 1.54) is 31.5 Å². The van der Waals surface area contributed by atoms with Crippen molar-refractivity contribution in [2.24, 2.45) is 0 Å². The summed E-state index contributed by atoms with van der Waals surface area (Å²) in [6, 6.07) is 12.8. The van der Waals surface area contributed by atoms with E-state index in [1.54, 1.807) is 24.3 Å². The molecule has 0 saturated carbocycles. The number of hydrogen-bond donors (Lipinski definition) is 1. The molecule has 0 fully saturated rings. The third kappa shape index (κ3) is 5.43. The fourth-order valence-corrected chi connectivity index (χ4v) is 3.92. The Hall–Kier alpha value is -3.33. The molecule has 1 heterocycles. The third-order valence-corrected chi connectivity index (χ3v) is 5.75. The maximum atomic E-state index is 13.2. The monoisotopic (exact) mass is 443 g/mol. The lowest BCUT2D eigenvalue weighted by molar-refractivity contribution is -0.114. The summed E-state index contributed by atoms with van der Waals surface area (Å²) in [5, 5.41) is 8.07. The molecule has 0 atom stereocenters. The van der Waals surface area contributed by atoms with Crippen LogP contribution in [0, 0.1) is 0 Å². The summed E-state index contributed by atoms with van der Waals surface area (Å²) in [5.74, 6) is 0.517. The van der Waals surface area contributed by atoms with Gasteiger partial charge in [0.2, 0.25) is 0 Å². The number of carbonyl (C=O) groups excluding carboxylic acids is 1. The molecule has 31 heavy (non-hydrogen) atoms. The standard InChI is InChI=1S/C22H25N3O5S/c1-29-20-11-6-10-19(22(20)30-2)25(14-7-15-31(3,27)28)21(26)13-12-18-16-8-4-5-9-17(16)23-24-18/h4-6,8-13H,7,14-15H2,1-3H3,(H,23,24)/b13-12+. The van der Waals surface area contributed by atoms with Crippen LogP contribution in [0.2, 0.25) is 0 Å². The molecular weight excluding hydrogens is 418 g/mol. The second-order valence-corrected chi connectivity index (χ2v) is 9.23. The lowest BCUT2D eigenvalue weighted by Gasteiger charge is -2.24. The Morgan fingerprint density at radius 2 is 1.90 bits per heavy atom. The van der Waals surface area contributed by atoms with E-state index in [2.05, 4.69) is 10.2 Å². The van der Waals surface area contributed by atoms with Gasteiger partial charge in [0.05, 0.1) is 36.9 Å². The number of benzene rings is 2. The van der Waals surface area contributed by atoms with E-state index < -0.39 is 9.84 Å². The highest BCUT2D eigenvalue weighted by molar-refractivity contribution is 7.90. The molecule has 0 aliphatic heterocycles. The van der Waals surface area contributed by atoms with Crippen LogP contribution in [0.3, 0.4) is 0 Å². The summed E-state index contributed by atoms with van der Waals surface area (Å²) in [5.41, 5.74) is 2.00. The minimum absolute atomic E-state index is 0.0310. The van der Waals surface area contributed by atoms with E-state index in [9.17, 15) is 13.2 Å². The zero-order valence-electron chi connectivity index (χ0n) is 17.7. The van der Waals surface area contributed by atoms with Gasteiger partial charge in [0.15, 0.2) is 11.5 Å². The average molecular weight is 444 g/mol. The minimum atomic E-state index is -3.15. The molecule has 1 N–H and O–H groups in total. The quantitative estimate of drug-likeness (QED) is 0.510. The summed E-state index contributed by atoms with van der Waals surface area (Å²) in [6.45, 7) is 0.196. The van der Waals surface area contributed by atoms with E-state index in [0.29, 0.717) is 22.9 Å². The summed E-state index contributed by atoms with van der Waals surface area (Å²) in [7, 11) is -0.148. The Morgan fingerprint density at radius 1 is 1.13 bits per heavy atom. The second kappa shape index (κ2) is 9.65. The molecule has 0 aliphatic rings. The number of hydrogen-bond acceptors (Lipinski definition) is 6. The number of aromatic amines is 1. The van der Waals surface area contributed by atoms with Crippen molar-refractivity contribution in [2.75, 3.05) is 37.7 Å². The largest absolute Gasteiger partial charge is 0.493 e. The van der Waals surface area contributed by atoms with Gasteiger partial charge in [0, 0.05) is 24.3 Å². The topological polar surface area (TPSA) is 102 Å². The van der Waals surface area contributed by atoms with Crippen molar-refractivity contribution in [3.63, 3.8) is 0 Å². The molecule has 0 spiro atoms. The van der Waals surface area contributed by atoms with Crippen molar-refractivity contribution in [1.82, 2.24) is 10.2 Å². The van der Waals surface area contributed by atoms with Gasteiger partial charge in [-0.05, 0) is 30.7 Å². The maximum Gasteiger partial charge on any atom is 0.251 e. The number of aromatic nitrogens is 2. The Balaban J connectivity index is 1.93. The zero-order chi connectivity index (χ0) is 22.4. The lowest BCUT2D eigenvalue weighted by Crippen LogP contribution is -2.31. The van der Waals surface area contributed by atoms with Crippen LogP contribution in [0.1, 0.15) is 12.1 Å². The number of sulfone groups is 1. The smallest absolute Gasteiger partial charge is 0.251 e. The highest BCUT2D eigenvalue weighted by atomic mass is 32.2. The Kier molecular flexibility index (Phi) is 6.96. The molecule has 8 nitrogen and oxygen atoms in total. The number of methoxy groups -OCH3 is 2. The number of carbonyl (C=O) groups is 1. The Labute approximate surface area is 181 Å². The number of ether oxygens (including phenoxy) is 2. The van der Waals surface area contributed by atoms with Crippen LogP contribution in [-0.2, 0) is 14.6 Å². The predicted octanol–water partition coefficient (Wildman–Crippen LogP) is 3.06. The van der Waals surface area contributed by atoms with Crippen molar-refractivity contribution >= 4 is 38.4 Å². The Bertz CT molecular complexity index is 1200. The Morgan fingerprint density at radius 3 is 2.61 bits per heavy atom. The molecule has 164 valence electrons. The fourth-order valence-electron chi connectivity index (χ4n) is 3.27. The molecule has 0 radical (unpaired) electrons. The first-order valence-corrected chi connectivity index (χ1v) is 11.7. The molecular formula is C22H25N3O5S. The average Bonchev–Trinajstić information content (AvgIpc) is 3.17. The molecule has 2 aromatic carbocycles. The molecule has 1 amide bonds. The van der Waals surface area contributed by atoms with E-state index >= 15 is 0 Å². The first kappa shape index (κ1) is 22.4. The highest BCUT2D eigenvalue weighted by Crippen LogP contribution is 2.37. The summed E-state index contributed by atoms with van der Waals surface area (Å²) < 4.78 is 34.0. The van der Waals surface area contributed by atoms with E-state index in [4.69, 9.17) is 9.47 Å². The van der Waals surface area contributed by atoms with Crippen LogP contribution in [0.25, 0.3) is 17.0 Å². The number of rotatable bonds is 9. The van der Waals surface area contributed by atoms with Crippen molar-refractivity contribution in [3.05, 3.63) is 54.2 Å². The van der Waals surface area contributed by atoms with Crippen LogP contribution < -0.4 is 14.4 Å². The van der Waals surface area contributed by atoms with Crippen LogP contribution in [0.5, 0.6) is 11.5 Å². The van der Waals surface area contributed by atoms with Gasteiger partial charge in [-0.3, -0.25) is 9.89 Å². The summed E-state index contributed by atoms with van der Waals surface area (Å²) in [6.07, 6.45) is 4.51. The maximum absolute atomic E-state index is 13.2. The van der Waals surface area contributed by atoms with Gasteiger partial charge in [-0.25, -0.2) is 8.42 Å². The molecule has 3 aromatic rings. The SMILES string of the molecule is COc1cccc(N(CCCS(C)(=O)=O)C(=O)/C=C/c2n[nH]c3ccccc23)c1OC. The second-order valence-electron chi connectivity index (χ2n) is 6.97. The molecule has 0 saturated heterocycles. The molecule has 0 unspecified atom stereocenters. The number of H-pyrrole nitrogens is 1. The number of para-hydroxylation sites is 2. The van der Waals surface area contributed by atoms with Gasteiger partial charge in [-0.15, -0.1) is 0 Å².